The summed E-state index contributed by atoms with van der Waals surface area (Å²) in [5, 5.41) is 12.4. The van der Waals surface area contributed by atoms with Gasteiger partial charge in [-0.1, -0.05) is 36.1 Å². The molecule has 3 aromatic rings. The highest BCUT2D eigenvalue weighted by molar-refractivity contribution is 8.26. The van der Waals surface area contributed by atoms with E-state index in [1.807, 2.05) is 0 Å². The number of amides is 2. The molecule has 2 fully saturated rings. The highest BCUT2D eigenvalue weighted by Gasteiger charge is 2.33. The number of anilines is 1. The summed E-state index contributed by atoms with van der Waals surface area (Å²) in [5.74, 6) is -3.51. The van der Waals surface area contributed by atoms with Gasteiger partial charge in [0.1, 0.15) is 12.4 Å². The lowest BCUT2D eigenvalue weighted by molar-refractivity contribution is -0.136. The first-order chi connectivity index (χ1) is 21.7. The number of rotatable bonds is 12. The summed E-state index contributed by atoms with van der Waals surface area (Å²) < 4.78 is 39.2. The van der Waals surface area contributed by atoms with Crippen LogP contribution in [0.1, 0.15) is 11.3 Å². The molecular weight excluding hydrogens is 630 g/mol. The van der Waals surface area contributed by atoms with Crippen LogP contribution >= 0.6 is 24.0 Å². The number of carboxylic acids is 1. The number of ether oxygens (including phenoxy) is 2. The van der Waals surface area contributed by atoms with Gasteiger partial charge in [-0.25, -0.2) is 24.2 Å². The number of imidazole rings is 1. The standard InChI is InChI=1S/C29H28F2N6O6S2/c30-21-3-1-18(12-22(21)31)17-2-4-23(43-10-7-36-5-8-42-9-6-36)19(11-17)13-24-27(41)37(29(44)45-24)33-16-25(38)35-28-32-15-20(34-28)14-26(39)40/h1-4,11-13,15,33H,5-10,14,16H2,(H,39,40)(H2,32,34,35,38)/b24-13-. The number of hydrazine groups is 1. The molecule has 16 heteroatoms. The molecule has 2 aromatic carbocycles. The van der Waals surface area contributed by atoms with Crippen molar-refractivity contribution in [2.24, 2.45) is 0 Å². The summed E-state index contributed by atoms with van der Waals surface area (Å²) in [4.78, 5) is 45.6. The maximum Gasteiger partial charge on any atom is 0.309 e. The first-order valence-corrected chi connectivity index (χ1v) is 15.0. The van der Waals surface area contributed by atoms with Crippen molar-refractivity contribution in [2.75, 3.05) is 51.3 Å². The van der Waals surface area contributed by atoms with Crippen molar-refractivity contribution in [3.8, 4) is 16.9 Å². The minimum absolute atomic E-state index is 0.0606. The van der Waals surface area contributed by atoms with Crippen molar-refractivity contribution < 1.29 is 37.7 Å². The molecule has 0 spiro atoms. The van der Waals surface area contributed by atoms with E-state index in [2.05, 4.69) is 25.6 Å². The van der Waals surface area contributed by atoms with Crippen molar-refractivity contribution in [1.29, 1.82) is 0 Å². The molecule has 5 rings (SSSR count). The smallest absolute Gasteiger partial charge is 0.309 e. The number of hydrogen-bond donors (Lipinski definition) is 4. The number of hydrogen-bond acceptors (Lipinski definition) is 10. The van der Waals surface area contributed by atoms with Crippen LogP contribution in [0.4, 0.5) is 14.7 Å². The van der Waals surface area contributed by atoms with Gasteiger partial charge in [-0.2, -0.15) is 0 Å². The van der Waals surface area contributed by atoms with Gasteiger partial charge in [0.15, 0.2) is 16.0 Å². The van der Waals surface area contributed by atoms with Crippen molar-refractivity contribution in [3.05, 3.63) is 70.4 Å². The molecule has 2 aliphatic heterocycles. The maximum absolute atomic E-state index is 14.0. The van der Waals surface area contributed by atoms with E-state index in [9.17, 15) is 23.2 Å². The Kier molecular flexibility index (Phi) is 10.5. The SMILES string of the molecule is O=C(O)Cc1cnc(NC(=O)CNN2C(=O)/C(=C/c3cc(-c4ccc(F)c(F)c4)ccc3OCCN3CCOCC3)SC2=S)[nH]1. The lowest BCUT2D eigenvalue weighted by atomic mass is 10.0. The van der Waals surface area contributed by atoms with Gasteiger partial charge in [0.2, 0.25) is 11.9 Å². The molecule has 2 aliphatic rings. The number of aromatic nitrogens is 2. The first kappa shape index (κ1) is 32.2. The zero-order valence-electron chi connectivity index (χ0n) is 23.7. The monoisotopic (exact) mass is 658 g/mol. The Hall–Kier alpha value is -4.22. The van der Waals surface area contributed by atoms with Crippen LogP contribution in [0.3, 0.4) is 0 Å². The van der Waals surface area contributed by atoms with Crippen molar-refractivity contribution in [3.63, 3.8) is 0 Å². The first-order valence-electron chi connectivity index (χ1n) is 13.8. The second-order valence-corrected chi connectivity index (χ2v) is 11.6. The second-order valence-electron chi connectivity index (χ2n) is 9.91. The number of thioether (sulfide) groups is 1. The molecule has 0 saturated carbocycles. The van der Waals surface area contributed by atoms with E-state index in [-0.39, 0.29) is 28.1 Å². The van der Waals surface area contributed by atoms with Crippen molar-refractivity contribution in [2.45, 2.75) is 6.42 Å². The molecule has 2 amide bonds. The van der Waals surface area contributed by atoms with Crippen LogP contribution in [0.2, 0.25) is 0 Å². The third-order valence-corrected chi connectivity index (χ3v) is 8.04. The van der Waals surface area contributed by atoms with E-state index in [4.69, 9.17) is 26.8 Å². The summed E-state index contributed by atoms with van der Waals surface area (Å²) in [6.45, 7) is 3.61. The van der Waals surface area contributed by atoms with Gasteiger partial charge < -0.3 is 19.6 Å². The molecule has 1 aromatic heterocycles. The number of halogens is 2. The topological polar surface area (TPSA) is 149 Å². The number of aromatic amines is 1. The Balaban J connectivity index is 1.29. The van der Waals surface area contributed by atoms with Gasteiger partial charge in [-0.15, -0.1) is 0 Å². The van der Waals surface area contributed by atoms with Gasteiger partial charge in [0, 0.05) is 30.9 Å². The molecular formula is C29H28F2N6O6S2. The van der Waals surface area contributed by atoms with Crippen LogP contribution in [0.15, 0.2) is 47.5 Å². The fourth-order valence-electron chi connectivity index (χ4n) is 4.51. The van der Waals surface area contributed by atoms with Gasteiger partial charge in [0.25, 0.3) is 5.91 Å². The maximum atomic E-state index is 14.0. The summed E-state index contributed by atoms with van der Waals surface area (Å²) in [5.41, 5.74) is 4.55. The predicted molar refractivity (Wildman–Crippen MR) is 166 cm³/mol. The average molecular weight is 659 g/mol. The third kappa shape index (κ3) is 8.49. The molecule has 0 aliphatic carbocycles. The van der Waals surface area contributed by atoms with Gasteiger partial charge in [-0.3, -0.25) is 24.6 Å². The van der Waals surface area contributed by atoms with Crippen LogP contribution in [0.25, 0.3) is 17.2 Å². The minimum Gasteiger partial charge on any atom is -0.492 e. The van der Waals surface area contributed by atoms with E-state index < -0.39 is 29.4 Å². The number of carbonyl (C=O) groups excluding carboxylic acids is 2. The summed E-state index contributed by atoms with van der Waals surface area (Å²) in [6, 6.07) is 8.75. The Morgan fingerprint density at radius 3 is 2.67 bits per heavy atom. The van der Waals surface area contributed by atoms with Gasteiger partial charge in [-0.05, 0) is 41.5 Å². The zero-order valence-corrected chi connectivity index (χ0v) is 25.3. The molecule has 0 unspecified atom stereocenters. The predicted octanol–water partition coefficient (Wildman–Crippen LogP) is 3.04. The summed E-state index contributed by atoms with van der Waals surface area (Å²) in [7, 11) is 0. The van der Waals surface area contributed by atoms with Gasteiger partial charge in [0.05, 0.1) is 37.3 Å². The Labute approximate surface area is 265 Å². The van der Waals surface area contributed by atoms with Crippen molar-refractivity contribution in [1.82, 2.24) is 25.3 Å². The lowest BCUT2D eigenvalue weighted by Gasteiger charge is -2.26. The van der Waals surface area contributed by atoms with E-state index in [0.717, 1.165) is 42.0 Å². The zero-order chi connectivity index (χ0) is 31.9. The molecule has 0 radical (unpaired) electrons. The highest BCUT2D eigenvalue weighted by atomic mass is 32.2. The third-order valence-electron chi connectivity index (χ3n) is 6.74. The van der Waals surface area contributed by atoms with E-state index in [0.29, 0.717) is 54.5 Å². The van der Waals surface area contributed by atoms with Gasteiger partial charge >= 0.3 is 5.97 Å². The van der Waals surface area contributed by atoms with Crippen LogP contribution in [0, 0.1) is 11.6 Å². The van der Waals surface area contributed by atoms with Crippen LogP contribution in [-0.4, -0.2) is 93.1 Å². The number of aliphatic carboxylic acids is 1. The van der Waals surface area contributed by atoms with E-state index in [1.165, 1.54) is 12.3 Å². The van der Waals surface area contributed by atoms with Crippen LogP contribution < -0.4 is 15.5 Å². The summed E-state index contributed by atoms with van der Waals surface area (Å²) >= 11 is 6.39. The molecule has 45 heavy (non-hydrogen) atoms. The quantitative estimate of drug-likeness (QED) is 0.168. The van der Waals surface area contributed by atoms with E-state index in [1.54, 1.807) is 24.3 Å². The fraction of sp³-hybridized carbons (Fsp3) is 0.276. The Morgan fingerprint density at radius 2 is 1.91 bits per heavy atom. The molecule has 0 bridgehead atoms. The highest BCUT2D eigenvalue weighted by Crippen LogP contribution is 2.35. The Bertz CT molecular complexity index is 1640. The minimum atomic E-state index is -1.05. The van der Waals surface area contributed by atoms with Crippen LogP contribution in [0.5, 0.6) is 5.75 Å². The number of thiocarbonyl (C=S) groups is 1. The number of morpholine rings is 1. The molecule has 2 saturated heterocycles. The lowest BCUT2D eigenvalue weighted by Crippen LogP contribution is -2.45. The normalized spacial score (nSPS) is 16.4. The largest absolute Gasteiger partial charge is 0.492 e. The number of nitrogens with one attached hydrogen (secondary N) is 3. The van der Waals surface area contributed by atoms with Crippen LogP contribution in [-0.2, 0) is 25.5 Å². The number of carboxylic acid groups (broad SMARTS) is 1. The molecule has 12 nitrogen and oxygen atoms in total. The number of nitrogens with zero attached hydrogens (tertiary/aromatic N) is 3. The van der Waals surface area contributed by atoms with E-state index >= 15 is 0 Å². The molecule has 0 atom stereocenters. The molecule has 236 valence electrons. The molecule has 3 heterocycles. The average Bonchev–Trinajstić information content (AvgIpc) is 3.55. The second kappa shape index (κ2) is 14.7. The number of carbonyl (C=O) groups is 3. The number of benzene rings is 2. The fourth-order valence-corrected chi connectivity index (χ4v) is 5.71. The Morgan fingerprint density at radius 1 is 1.16 bits per heavy atom. The summed E-state index contributed by atoms with van der Waals surface area (Å²) in [6.07, 6.45) is 2.61. The van der Waals surface area contributed by atoms with Crippen molar-refractivity contribution >= 4 is 58.1 Å². The molecule has 4 N–H and O–H groups in total. The number of H-pyrrole nitrogens is 1.